The van der Waals surface area contributed by atoms with Crippen LogP contribution in [0.3, 0.4) is 0 Å². The predicted octanol–water partition coefficient (Wildman–Crippen LogP) is 3.18. The molecule has 0 bridgehead atoms. The molecule has 0 saturated carbocycles. The summed E-state index contributed by atoms with van der Waals surface area (Å²) in [6.45, 7) is 1.44. The largest absolute Gasteiger partial charge is 0.573 e. The van der Waals surface area contributed by atoms with Crippen LogP contribution in [0.5, 0.6) is 5.75 Å². The number of carbonyl (C=O) groups is 1. The van der Waals surface area contributed by atoms with E-state index in [4.69, 9.17) is 4.52 Å². The first kappa shape index (κ1) is 20.9. The first-order valence-electron chi connectivity index (χ1n) is 9.62. The summed E-state index contributed by atoms with van der Waals surface area (Å²) in [7, 11) is 0. The molecule has 0 aliphatic carbocycles. The Hall–Kier alpha value is -3.40. The van der Waals surface area contributed by atoms with E-state index in [0.29, 0.717) is 31.3 Å². The van der Waals surface area contributed by atoms with Crippen LogP contribution in [0, 0.1) is 0 Å². The van der Waals surface area contributed by atoms with Gasteiger partial charge in [-0.05, 0) is 17.7 Å². The highest BCUT2D eigenvalue weighted by Gasteiger charge is 2.32. The maximum Gasteiger partial charge on any atom is 0.573 e. The van der Waals surface area contributed by atoms with Crippen LogP contribution in [-0.2, 0) is 17.8 Å². The summed E-state index contributed by atoms with van der Waals surface area (Å²) < 4.78 is 46.2. The molecule has 4 rings (SSSR count). The summed E-state index contributed by atoms with van der Waals surface area (Å²) in [5, 5.41) is 6.81. The van der Waals surface area contributed by atoms with Crippen molar-refractivity contribution >= 4 is 5.91 Å². The van der Waals surface area contributed by atoms with E-state index in [2.05, 4.69) is 20.2 Å². The van der Waals surface area contributed by atoms with Crippen molar-refractivity contribution in [1.29, 1.82) is 0 Å². The summed E-state index contributed by atoms with van der Waals surface area (Å²) in [5.41, 5.74) is 1.56. The molecule has 1 saturated heterocycles. The minimum atomic E-state index is -4.74. The van der Waals surface area contributed by atoms with Crippen molar-refractivity contribution in [1.82, 2.24) is 20.4 Å². The molecule has 1 aliphatic rings. The van der Waals surface area contributed by atoms with Crippen molar-refractivity contribution in [2.75, 3.05) is 13.1 Å². The molecule has 31 heavy (non-hydrogen) atoms. The molecule has 1 aliphatic heterocycles. The van der Waals surface area contributed by atoms with Gasteiger partial charge in [0.2, 0.25) is 17.6 Å². The lowest BCUT2D eigenvalue weighted by Gasteiger charge is -2.34. The van der Waals surface area contributed by atoms with Crippen molar-refractivity contribution in [2.24, 2.45) is 0 Å². The number of aromatic nitrogens is 2. The minimum Gasteiger partial charge on any atom is -0.406 e. The van der Waals surface area contributed by atoms with Gasteiger partial charge >= 0.3 is 6.36 Å². The second-order valence-electron chi connectivity index (χ2n) is 7.05. The van der Waals surface area contributed by atoms with Crippen LogP contribution in [-0.4, -0.2) is 46.4 Å². The monoisotopic (exact) mass is 432 g/mol. The number of benzene rings is 2. The second kappa shape index (κ2) is 8.76. The van der Waals surface area contributed by atoms with Gasteiger partial charge in [-0.25, -0.2) is 0 Å². The number of halogens is 3. The summed E-state index contributed by atoms with van der Waals surface area (Å²) >= 11 is 0. The van der Waals surface area contributed by atoms with E-state index >= 15 is 0 Å². The van der Waals surface area contributed by atoms with E-state index in [1.54, 1.807) is 12.1 Å². The molecule has 1 fully saturated rings. The van der Waals surface area contributed by atoms with Gasteiger partial charge in [-0.15, -0.1) is 13.2 Å². The highest BCUT2D eigenvalue weighted by Crippen LogP contribution is 2.24. The molecule has 1 N–H and O–H groups in total. The molecule has 1 atom stereocenters. The van der Waals surface area contributed by atoms with Crippen molar-refractivity contribution in [3.8, 4) is 17.1 Å². The summed E-state index contributed by atoms with van der Waals surface area (Å²) in [4.78, 5) is 18.8. The van der Waals surface area contributed by atoms with Gasteiger partial charge in [-0.2, -0.15) is 4.98 Å². The Labute approximate surface area is 175 Å². The topological polar surface area (TPSA) is 80.5 Å². The molecule has 7 nitrogen and oxygen atoms in total. The number of carbonyl (C=O) groups excluding carboxylic acids is 1. The van der Waals surface area contributed by atoms with Gasteiger partial charge in [-0.1, -0.05) is 47.6 Å². The number of hydrogen-bond donors (Lipinski definition) is 1. The zero-order valence-electron chi connectivity index (χ0n) is 16.3. The Morgan fingerprint density at radius 1 is 1.13 bits per heavy atom. The fourth-order valence-electron chi connectivity index (χ4n) is 3.41. The molecule has 10 heteroatoms. The lowest BCUT2D eigenvalue weighted by Crippen LogP contribution is -2.55. The Balaban J connectivity index is 1.45. The Morgan fingerprint density at radius 3 is 2.58 bits per heavy atom. The first-order chi connectivity index (χ1) is 14.9. The lowest BCUT2D eigenvalue weighted by molar-refractivity contribution is -0.274. The standard InChI is InChI=1S/C21H19F3N4O3/c22-21(23,24)30-16-8-6-14(7-9-16)13-28-11-10-25-20(29)17(28)12-18-26-19(27-31-18)15-4-2-1-3-5-15/h1-9,17H,10-13H2,(H,25,29). The highest BCUT2D eigenvalue weighted by atomic mass is 19.4. The number of rotatable bonds is 6. The number of piperazine rings is 1. The van der Waals surface area contributed by atoms with Crippen molar-refractivity contribution in [2.45, 2.75) is 25.4 Å². The maximum atomic E-state index is 12.5. The van der Waals surface area contributed by atoms with E-state index in [-0.39, 0.29) is 18.1 Å². The van der Waals surface area contributed by atoms with E-state index in [0.717, 1.165) is 11.1 Å². The third-order valence-corrected chi connectivity index (χ3v) is 4.85. The molecule has 1 aromatic heterocycles. The van der Waals surface area contributed by atoms with Crippen LogP contribution in [0.1, 0.15) is 11.5 Å². The normalized spacial score (nSPS) is 17.4. The SMILES string of the molecule is O=C1NCCN(Cc2ccc(OC(F)(F)F)cc2)C1Cc1nc(-c2ccccc2)no1. The van der Waals surface area contributed by atoms with Gasteiger partial charge in [0.25, 0.3) is 0 Å². The Morgan fingerprint density at radius 2 is 1.87 bits per heavy atom. The number of hydrogen-bond acceptors (Lipinski definition) is 6. The van der Waals surface area contributed by atoms with Gasteiger partial charge in [-0.3, -0.25) is 9.69 Å². The van der Waals surface area contributed by atoms with Crippen molar-refractivity contribution in [3.63, 3.8) is 0 Å². The average Bonchev–Trinajstić information content (AvgIpc) is 3.20. The summed E-state index contributed by atoms with van der Waals surface area (Å²) in [5.74, 6) is 0.324. The third kappa shape index (κ3) is 5.40. The Kier molecular flexibility index (Phi) is 5.90. The summed E-state index contributed by atoms with van der Waals surface area (Å²) in [6.07, 6.45) is -4.51. The molecular formula is C21H19F3N4O3. The number of nitrogens with zero attached hydrogens (tertiary/aromatic N) is 3. The van der Waals surface area contributed by atoms with E-state index in [1.807, 2.05) is 35.2 Å². The van der Waals surface area contributed by atoms with Crippen LogP contribution in [0.4, 0.5) is 13.2 Å². The smallest absolute Gasteiger partial charge is 0.406 e. The van der Waals surface area contributed by atoms with Gasteiger partial charge in [0.15, 0.2) is 0 Å². The molecule has 2 heterocycles. The lowest BCUT2D eigenvalue weighted by atomic mass is 10.1. The van der Waals surface area contributed by atoms with Gasteiger partial charge in [0, 0.05) is 25.2 Å². The highest BCUT2D eigenvalue weighted by molar-refractivity contribution is 5.82. The van der Waals surface area contributed by atoms with Crippen molar-refractivity contribution < 1.29 is 27.2 Å². The number of alkyl halides is 3. The summed E-state index contributed by atoms with van der Waals surface area (Å²) in [6, 6.07) is 14.4. The zero-order chi connectivity index (χ0) is 21.8. The van der Waals surface area contributed by atoms with Crippen LogP contribution < -0.4 is 10.1 Å². The Bertz CT molecular complexity index is 1020. The van der Waals surface area contributed by atoms with E-state index in [9.17, 15) is 18.0 Å². The van der Waals surface area contributed by atoms with E-state index in [1.165, 1.54) is 12.1 Å². The molecular weight excluding hydrogens is 413 g/mol. The molecule has 0 spiro atoms. The quantitative estimate of drug-likeness (QED) is 0.645. The molecule has 2 aromatic carbocycles. The van der Waals surface area contributed by atoms with E-state index < -0.39 is 12.4 Å². The number of amides is 1. The molecule has 0 radical (unpaired) electrons. The minimum absolute atomic E-state index is 0.164. The van der Waals surface area contributed by atoms with Crippen LogP contribution in [0.2, 0.25) is 0 Å². The molecule has 162 valence electrons. The fourth-order valence-corrected chi connectivity index (χ4v) is 3.41. The molecule has 3 aromatic rings. The second-order valence-corrected chi connectivity index (χ2v) is 7.05. The zero-order valence-corrected chi connectivity index (χ0v) is 16.3. The number of nitrogens with one attached hydrogen (secondary N) is 1. The fraction of sp³-hybridized carbons (Fsp3) is 0.286. The molecule has 1 unspecified atom stereocenters. The molecule has 1 amide bonds. The van der Waals surface area contributed by atoms with Crippen LogP contribution >= 0.6 is 0 Å². The third-order valence-electron chi connectivity index (χ3n) is 4.85. The van der Waals surface area contributed by atoms with Gasteiger partial charge < -0.3 is 14.6 Å². The predicted molar refractivity (Wildman–Crippen MR) is 104 cm³/mol. The average molecular weight is 432 g/mol. The van der Waals surface area contributed by atoms with Crippen molar-refractivity contribution in [3.05, 3.63) is 66.1 Å². The van der Waals surface area contributed by atoms with Crippen LogP contribution in [0.15, 0.2) is 59.1 Å². The maximum absolute atomic E-state index is 12.5. The number of ether oxygens (including phenoxy) is 1. The first-order valence-corrected chi connectivity index (χ1v) is 9.62. The van der Waals surface area contributed by atoms with Gasteiger partial charge in [0.05, 0.1) is 12.5 Å². The van der Waals surface area contributed by atoms with Crippen LogP contribution in [0.25, 0.3) is 11.4 Å². The van der Waals surface area contributed by atoms with Gasteiger partial charge in [0.1, 0.15) is 5.75 Å².